The van der Waals surface area contributed by atoms with Crippen molar-refractivity contribution < 1.29 is 0 Å². The number of aromatic nitrogens is 1. The van der Waals surface area contributed by atoms with Crippen LogP contribution in [0.2, 0.25) is 0 Å². The van der Waals surface area contributed by atoms with Gasteiger partial charge in [-0.3, -0.25) is 0 Å². The Labute approximate surface area is 141 Å². The summed E-state index contributed by atoms with van der Waals surface area (Å²) in [6, 6.07) is 8.24. The van der Waals surface area contributed by atoms with Crippen LogP contribution in [0, 0.1) is 0 Å². The van der Waals surface area contributed by atoms with Gasteiger partial charge >= 0.3 is 0 Å². The van der Waals surface area contributed by atoms with Crippen LogP contribution in [0.1, 0.15) is 11.8 Å². The van der Waals surface area contributed by atoms with Crippen LogP contribution in [-0.2, 0) is 13.1 Å². The number of hydrogen-bond acceptors (Lipinski definition) is 2. The highest BCUT2D eigenvalue weighted by Crippen LogP contribution is 2.09. The van der Waals surface area contributed by atoms with E-state index in [1.807, 2.05) is 12.1 Å². The Morgan fingerprint density at radius 3 is 2.70 bits per heavy atom. The lowest BCUT2D eigenvalue weighted by Gasteiger charge is -2.11. The van der Waals surface area contributed by atoms with Gasteiger partial charge in [-0.25, -0.2) is 4.99 Å². The normalized spacial score (nSPS) is 10.9. The molecule has 0 aliphatic heterocycles. The van der Waals surface area contributed by atoms with Gasteiger partial charge in [0.05, 0.1) is 6.54 Å². The van der Waals surface area contributed by atoms with E-state index in [2.05, 4.69) is 57.0 Å². The minimum absolute atomic E-state index is 0. The molecule has 0 aliphatic rings. The van der Waals surface area contributed by atoms with Gasteiger partial charge in [-0.2, -0.15) is 0 Å². The molecule has 0 amide bonds. The van der Waals surface area contributed by atoms with Crippen LogP contribution in [0.15, 0.2) is 47.0 Å². The molecule has 0 radical (unpaired) electrons. The van der Waals surface area contributed by atoms with Crippen LogP contribution in [-0.4, -0.2) is 23.6 Å². The monoisotopic (exact) mass is 404 g/mol. The minimum atomic E-state index is 0. The average Bonchev–Trinajstić information content (AvgIpc) is 3.09. The Kier molecular flexibility index (Phi) is 8.36. The molecule has 0 fully saturated rings. The average molecular weight is 404 g/mol. The molecule has 0 aromatic carbocycles. The molecule has 2 heterocycles. The number of nitrogens with one attached hydrogen (secondary N) is 2. The molecule has 0 bridgehead atoms. The van der Waals surface area contributed by atoms with E-state index in [1.54, 1.807) is 11.3 Å². The molecule has 0 saturated heterocycles. The topological polar surface area (TPSA) is 41.4 Å². The number of halogens is 1. The first-order valence-electron chi connectivity index (χ1n) is 6.54. The second-order valence-corrected chi connectivity index (χ2v) is 5.15. The number of hydrogen-bond donors (Lipinski definition) is 2. The molecule has 4 nitrogen and oxygen atoms in total. The number of thiophene rings is 1. The first-order valence-corrected chi connectivity index (χ1v) is 7.42. The van der Waals surface area contributed by atoms with Crippen molar-refractivity contribution in [2.24, 2.45) is 4.99 Å². The van der Waals surface area contributed by atoms with E-state index in [1.165, 1.54) is 4.88 Å². The van der Waals surface area contributed by atoms with E-state index in [4.69, 9.17) is 0 Å². The van der Waals surface area contributed by atoms with Crippen LogP contribution in [0.3, 0.4) is 0 Å². The molecule has 0 unspecified atom stereocenters. The summed E-state index contributed by atoms with van der Waals surface area (Å²) in [5.41, 5.74) is 0. The molecule has 20 heavy (non-hydrogen) atoms. The third kappa shape index (κ3) is 5.96. The van der Waals surface area contributed by atoms with Gasteiger partial charge in [0.1, 0.15) is 0 Å². The predicted octanol–water partition coefficient (Wildman–Crippen LogP) is 2.92. The lowest BCUT2D eigenvalue weighted by atomic mass is 10.5. The van der Waals surface area contributed by atoms with Gasteiger partial charge < -0.3 is 15.2 Å². The molecule has 2 rings (SSSR count). The Morgan fingerprint density at radius 1 is 1.25 bits per heavy atom. The van der Waals surface area contributed by atoms with Crippen molar-refractivity contribution in [3.8, 4) is 0 Å². The SMILES string of the molecule is CCNC(=NCc1cccs1)NCCn1cccc1.I. The van der Waals surface area contributed by atoms with Crippen molar-refractivity contribution in [2.75, 3.05) is 13.1 Å². The van der Waals surface area contributed by atoms with Crippen LogP contribution < -0.4 is 10.6 Å². The highest BCUT2D eigenvalue weighted by Gasteiger charge is 1.97. The first-order chi connectivity index (χ1) is 9.38. The summed E-state index contributed by atoms with van der Waals surface area (Å²) in [5, 5.41) is 8.68. The van der Waals surface area contributed by atoms with E-state index < -0.39 is 0 Å². The van der Waals surface area contributed by atoms with Gasteiger partial charge in [-0.1, -0.05) is 6.07 Å². The van der Waals surface area contributed by atoms with Gasteiger partial charge in [-0.05, 0) is 30.5 Å². The number of guanidine groups is 1. The molecular weight excluding hydrogens is 383 g/mol. The van der Waals surface area contributed by atoms with Crippen molar-refractivity contribution >= 4 is 41.3 Å². The van der Waals surface area contributed by atoms with Gasteiger partial charge in [-0.15, -0.1) is 35.3 Å². The summed E-state index contributed by atoms with van der Waals surface area (Å²) >= 11 is 1.74. The summed E-state index contributed by atoms with van der Waals surface area (Å²) < 4.78 is 2.15. The fourth-order valence-corrected chi connectivity index (χ4v) is 2.35. The van der Waals surface area contributed by atoms with Crippen LogP contribution in [0.5, 0.6) is 0 Å². The zero-order valence-electron chi connectivity index (χ0n) is 11.6. The molecule has 0 atom stereocenters. The summed E-state index contributed by atoms with van der Waals surface area (Å²) in [5.74, 6) is 0.878. The van der Waals surface area contributed by atoms with E-state index in [-0.39, 0.29) is 24.0 Å². The maximum atomic E-state index is 4.57. The second kappa shape index (κ2) is 9.82. The molecule has 2 aromatic rings. The zero-order chi connectivity index (χ0) is 13.3. The first kappa shape index (κ1) is 17.0. The molecular formula is C14H21IN4S. The lowest BCUT2D eigenvalue weighted by Crippen LogP contribution is -2.38. The summed E-state index contributed by atoms with van der Waals surface area (Å²) in [4.78, 5) is 5.85. The fraction of sp³-hybridized carbons (Fsp3) is 0.357. The molecule has 0 aliphatic carbocycles. The highest BCUT2D eigenvalue weighted by molar-refractivity contribution is 14.0. The summed E-state index contributed by atoms with van der Waals surface area (Å²) in [6.45, 7) is 5.49. The second-order valence-electron chi connectivity index (χ2n) is 4.12. The Bertz CT molecular complexity index is 479. The lowest BCUT2D eigenvalue weighted by molar-refractivity contribution is 0.666. The molecule has 0 saturated carbocycles. The maximum Gasteiger partial charge on any atom is 0.191 e. The largest absolute Gasteiger partial charge is 0.357 e. The zero-order valence-corrected chi connectivity index (χ0v) is 14.7. The maximum absolute atomic E-state index is 4.57. The van der Waals surface area contributed by atoms with Crippen molar-refractivity contribution in [3.63, 3.8) is 0 Å². The van der Waals surface area contributed by atoms with Crippen molar-refractivity contribution in [1.82, 2.24) is 15.2 Å². The molecule has 2 aromatic heterocycles. The van der Waals surface area contributed by atoms with E-state index in [0.29, 0.717) is 0 Å². The summed E-state index contributed by atoms with van der Waals surface area (Å²) in [6.07, 6.45) is 4.13. The fourth-order valence-electron chi connectivity index (χ4n) is 1.72. The number of rotatable bonds is 6. The van der Waals surface area contributed by atoms with Gasteiger partial charge in [0, 0.05) is 36.9 Å². The van der Waals surface area contributed by atoms with Crippen molar-refractivity contribution in [1.29, 1.82) is 0 Å². The molecule has 6 heteroatoms. The Balaban J connectivity index is 0.00000200. The molecule has 0 spiro atoms. The van der Waals surface area contributed by atoms with Crippen molar-refractivity contribution in [2.45, 2.75) is 20.0 Å². The number of nitrogens with zero attached hydrogens (tertiary/aromatic N) is 2. The Hall–Kier alpha value is -1.02. The van der Waals surface area contributed by atoms with Crippen LogP contribution in [0.25, 0.3) is 0 Å². The number of aliphatic imine (C=N–C) groups is 1. The van der Waals surface area contributed by atoms with Gasteiger partial charge in [0.15, 0.2) is 5.96 Å². The van der Waals surface area contributed by atoms with Crippen LogP contribution >= 0.6 is 35.3 Å². The predicted molar refractivity (Wildman–Crippen MR) is 97.0 cm³/mol. The third-order valence-corrected chi connectivity index (χ3v) is 3.51. The van der Waals surface area contributed by atoms with Crippen LogP contribution in [0.4, 0.5) is 0 Å². The molecule has 2 N–H and O–H groups in total. The third-order valence-electron chi connectivity index (χ3n) is 2.65. The smallest absolute Gasteiger partial charge is 0.191 e. The van der Waals surface area contributed by atoms with Gasteiger partial charge in [0.2, 0.25) is 0 Å². The molecule has 110 valence electrons. The van der Waals surface area contributed by atoms with E-state index >= 15 is 0 Å². The standard InChI is InChI=1S/C14H20N4S.HI/c1-2-15-14(17-12-13-6-5-11-19-13)16-7-10-18-8-3-4-9-18;/h3-6,8-9,11H,2,7,10,12H2,1H3,(H2,15,16,17);1H. The quantitative estimate of drug-likeness (QED) is 0.442. The van der Waals surface area contributed by atoms with E-state index in [0.717, 1.165) is 32.1 Å². The highest BCUT2D eigenvalue weighted by atomic mass is 127. The summed E-state index contributed by atoms with van der Waals surface area (Å²) in [7, 11) is 0. The van der Waals surface area contributed by atoms with Gasteiger partial charge in [0.25, 0.3) is 0 Å². The van der Waals surface area contributed by atoms with Crippen molar-refractivity contribution in [3.05, 3.63) is 46.9 Å². The Morgan fingerprint density at radius 2 is 2.05 bits per heavy atom. The minimum Gasteiger partial charge on any atom is -0.357 e. The van der Waals surface area contributed by atoms with E-state index in [9.17, 15) is 0 Å².